The third kappa shape index (κ3) is 5.99. The maximum absolute atomic E-state index is 14.2. The molecule has 0 aliphatic carbocycles. The predicted octanol–water partition coefficient (Wildman–Crippen LogP) is 5.61. The van der Waals surface area contributed by atoms with Gasteiger partial charge >= 0.3 is 5.97 Å². The summed E-state index contributed by atoms with van der Waals surface area (Å²) in [6.07, 6.45) is 0.894. The lowest BCUT2D eigenvalue weighted by molar-refractivity contribution is -0.159. The van der Waals surface area contributed by atoms with Gasteiger partial charge in [0.05, 0.1) is 6.61 Å². The van der Waals surface area contributed by atoms with Gasteiger partial charge in [0.25, 0.3) is 5.91 Å². The van der Waals surface area contributed by atoms with Crippen LogP contribution in [0.15, 0.2) is 97.2 Å². The Hall–Kier alpha value is -4.65. The van der Waals surface area contributed by atoms with Crippen LogP contribution in [0.1, 0.15) is 40.8 Å². The van der Waals surface area contributed by atoms with Crippen LogP contribution in [-0.4, -0.2) is 34.4 Å². The number of nitrogens with zero attached hydrogens (tertiary/aromatic N) is 2. The Labute approximate surface area is 234 Å². The van der Waals surface area contributed by atoms with E-state index in [-0.39, 0.29) is 25.5 Å². The normalized spacial score (nSPS) is 15.1. The van der Waals surface area contributed by atoms with E-state index in [4.69, 9.17) is 14.2 Å². The molecule has 204 valence electrons. The highest BCUT2D eigenvalue weighted by Crippen LogP contribution is 2.36. The molecule has 0 N–H and O–H groups in total. The lowest BCUT2D eigenvalue weighted by Crippen LogP contribution is -2.51. The van der Waals surface area contributed by atoms with E-state index >= 15 is 0 Å². The van der Waals surface area contributed by atoms with E-state index < -0.39 is 18.1 Å². The summed E-state index contributed by atoms with van der Waals surface area (Å²) in [6, 6.07) is 27.6. The van der Waals surface area contributed by atoms with Crippen LogP contribution < -0.4 is 9.47 Å². The molecule has 0 spiro atoms. The van der Waals surface area contributed by atoms with Gasteiger partial charge in [-0.3, -0.25) is 4.79 Å². The summed E-state index contributed by atoms with van der Waals surface area (Å²) in [6.45, 7) is 4.58. The van der Waals surface area contributed by atoms with Gasteiger partial charge in [-0.05, 0) is 36.6 Å². The highest BCUT2D eigenvalue weighted by molar-refractivity contribution is 5.89. The van der Waals surface area contributed by atoms with Crippen LogP contribution in [-0.2, 0) is 33.9 Å². The monoisotopic (exact) mass is 536 g/mol. The number of carbonyl (C=O) groups is 2. The van der Waals surface area contributed by atoms with Crippen molar-refractivity contribution >= 4 is 11.9 Å². The van der Waals surface area contributed by atoms with Crippen molar-refractivity contribution in [2.75, 3.05) is 6.61 Å². The molecule has 3 aromatic carbocycles. The number of hydrogen-bond donors (Lipinski definition) is 0. The molecule has 1 aliphatic heterocycles. The zero-order chi connectivity index (χ0) is 27.9. The van der Waals surface area contributed by atoms with Crippen molar-refractivity contribution < 1.29 is 23.8 Å². The summed E-state index contributed by atoms with van der Waals surface area (Å²) in [5, 5.41) is 0. The molecule has 0 fully saturated rings. The van der Waals surface area contributed by atoms with Crippen LogP contribution in [0, 0.1) is 6.92 Å². The van der Waals surface area contributed by atoms with Crippen LogP contribution in [0.3, 0.4) is 0 Å². The minimum absolute atomic E-state index is 0.210. The number of aromatic nitrogens is 1. The Kier molecular flexibility index (Phi) is 8.40. The number of pyridine rings is 1. The van der Waals surface area contributed by atoms with Crippen molar-refractivity contribution in [3.63, 3.8) is 0 Å². The van der Waals surface area contributed by atoms with E-state index in [1.54, 1.807) is 36.2 Å². The molecular formula is C33H32N2O5. The number of amides is 1. The Balaban J connectivity index is 1.49. The summed E-state index contributed by atoms with van der Waals surface area (Å²) in [7, 11) is 0. The van der Waals surface area contributed by atoms with Gasteiger partial charge in [0.15, 0.2) is 0 Å². The van der Waals surface area contributed by atoms with Crippen LogP contribution in [0.5, 0.6) is 11.6 Å². The average Bonchev–Trinajstić information content (AvgIpc) is 3.00. The molecular weight excluding hydrogens is 504 g/mol. The van der Waals surface area contributed by atoms with Crippen LogP contribution in [0.4, 0.5) is 0 Å². The van der Waals surface area contributed by atoms with Crippen molar-refractivity contribution in [2.45, 2.75) is 45.6 Å². The van der Waals surface area contributed by atoms with E-state index in [1.165, 1.54) is 0 Å². The molecule has 2 atom stereocenters. The van der Waals surface area contributed by atoms with Crippen molar-refractivity contribution in [1.82, 2.24) is 9.88 Å². The quantitative estimate of drug-likeness (QED) is 0.259. The van der Waals surface area contributed by atoms with Gasteiger partial charge in [0, 0.05) is 36.4 Å². The highest BCUT2D eigenvalue weighted by atomic mass is 16.5. The second kappa shape index (κ2) is 12.5. The first-order chi connectivity index (χ1) is 19.5. The van der Waals surface area contributed by atoms with Gasteiger partial charge < -0.3 is 19.1 Å². The molecule has 1 aromatic heterocycles. The van der Waals surface area contributed by atoms with Crippen LogP contribution in [0.25, 0.3) is 0 Å². The fourth-order valence-electron chi connectivity index (χ4n) is 4.94. The standard InChI is InChI=1S/C33H32N2O5/c1-3-38-33(37)28-20-27-26(18-17-23(2)30(27)39-22-24-12-6-4-7-13-24)21-35(28)32(36)31(25-14-8-5-9-15-25)40-29-16-10-11-19-34-29/h4-19,28,31H,3,20-22H2,1-2H3/t28-,31-/m0/s1. The minimum Gasteiger partial charge on any atom is -0.488 e. The molecule has 2 heterocycles. The zero-order valence-corrected chi connectivity index (χ0v) is 22.7. The number of esters is 1. The first kappa shape index (κ1) is 26.9. The van der Waals surface area contributed by atoms with Gasteiger partial charge in [-0.2, -0.15) is 0 Å². The molecule has 40 heavy (non-hydrogen) atoms. The number of aryl methyl sites for hydroxylation is 1. The van der Waals surface area contributed by atoms with Gasteiger partial charge in [0.1, 0.15) is 18.4 Å². The fourth-order valence-corrected chi connectivity index (χ4v) is 4.94. The lowest BCUT2D eigenvalue weighted by Gasteiger charge is -2.38. The van der Waals surface area contributed by atoms with Crippen molar-refractivity contribution in [3.05, 3.63) is 125 Å². The number of rotatable bonds is 9. The lowest BCUT2D eigenvalue weighted by atomic mass is 9.90. The average molecular weight is 537 g/mol. The maximum Gasteiger partial charge on any atom is 0.329 e. The second-order valence-electron chi connectivity index (χ2n) is 9.64. The molecule has 0 saturated carbocycles. The fraction of sp³-hybridized carbons (Fsp3) is 0.242. The van der Waals surface area contributed by atoms with Gasteiger partial charge in [0.2, 0.25) is 12.0 Å². The van der Waals surface area contributed by atoms with Gasteiger partial charge in [-0.1, -0.05) is 78.9 Å². The second-order valence-corrected chi connectivity index (χ2v) is 9.64. The molecule has 7 nitrogen and oxygen atoms in total. The Morgan fingerprint density at radius 1 is 0.950 bits per heavy atom. The van der Waals surface area contributed by atoms with Gasteiger partial charge in [-0.25, -0.2) is 9.78 Å². The third-order valence-electron chi connectivity index (χ3n) is 6.94. The molecule has 1 amide bonds. The summed E-state index contributed by atoms with van der Waals surface area (Å²) in [5.41, 5.74) is 4.53. The SMILES string of the molecule is CCOC(=O)[C@@H]1Cc2c(ccc(C)c2OCc2ccccc2)CN1C(=O)[C@@H](Oc1ccccn1)c1ccccc1. The topological polar surface area (TPSA) is 78.0 Å². The Morgan fingerprint density at radius 2 is 1.68 bits per heavy atom. The number of benzene rings is 3. The molecule has 0 bridgehead atoms. The zero-order valence-electron chi connectivity index (χ0n) is 22.7. The maximum atomic E-state index is 14.2. The largest absolute Gasteiger partial charge is 0.488 e. The Bertz CT molecular complexity index is 1440. The summed E-state index contributed by atoms with van der Waals surface area (Å²) < 4.78 is 17.9. The van der Waals surface area contributed by atoms with E-state index in [9.17, 15) is 9.59 Å². The summed E-state index contributed by atoms with van der Waals surface area (Å²) >= 11 is 0. The molecule has 1 aliphatic rings. The third-order valence-corrected chi connectivity index (χ3v) is 6.94. The summed E-state index contributed by atoms with van der Waals surface area (Å²) in [5.74, 6) is 0.267. The van der Waals surface area contributed by atoms with Gasteiger partial charge in [-0.15, -0.1) is 0 Å². The molecule has 5 rings (SSSR count). The Morgan fingerprint density at radius 3 is 2.38 bits per heavy atom. The van der Waals surface area contributed by atoms with E-state index in [0.717, 1.165) is 28.0 Å². The minimum atomic E-state index is -0.992. The van der Waals surface area contributed by atoms with E-state index in [2.05, 4.69) is 4.98 Å². The van der Waals surface area contributed by atoms with Crippen LogP contribution in [0.2, 0.25) is 0 Å². The first-order valence-electron chi connectivity index (χ1n) is 13.4. The van der Waals surface area contributed by atoms with Crippen LogP contribution >= 0.6 is 0 Å². The number of ether oxygens (including phenoxy) is 3. The van der Waals surface area contributed by atoms with Crippen molar-refractivity contribution in [1.29, 1.82) is 0 Å². The first-order valence-corrected chi connectivity index (χ1v) is 13.4. The number of fused-ring (bicyclic) bond motifs is 1. The van der Waals surface area contributed by atoms with E-state index in [1.807, 2.05) is 79.7 Å². The molecule has 4 aromatic rings. The molecule has 7 heteroatoms. The number of carbonyl (C=O) groups excluding carboxylic acids is 2. The summed E-state index contributed by atoms with van der Waals surface area (Å²) in [4.78, 5) is 33.4. The van der Waals surface area contributed by atoms with E-state index in [0.29, 0.717) is 18.1 Å². The predicted molar refractivity (Wildman–Crippen MR) is 151 cm³/mol. The smallest absolute Gasteiger partial charge is 0.329 e. The molecule has 0 saturated heterocycles. The van der Waals surface area contributed by atoms with Crippen molar-refractivity contribution in [3.8, 4) is 11.6 Å². The molecule has 0 radical (unpaired) electrons. The highest BCUT2D eigenvalue weighted by Gasteiger charge is 2.41. The van der Waals surface area contributed by atoms with Crippen molar-refractivity contribution in [2.24, 2.45) is 0 Å². The number of hydrogen-bond acceptors (Lipinski definition) is 6. The molecule has 0 unspecified atom stereocenters.